The highest BCUT2D eigenvalue weighted by Crippen LogP contribution is 2.39. The molecule has 0 saturated heterocycles. The Morgan fingerprint density at radius 3 is 2.59 bits per heavy atom. The molecule has 0 spiro atoms. The van der Waals surface area contributed by atoms with Crippen LogP contribution in [-0.4, -0.2) is 40.7 Å². The van der Waals surface area contributed by atoms with E-state index in [9.17, 15) is 14.0 Å². The van der Waals surface area contributed by atoms with E-state index >= 15 is 4.39 Å². The topological polar surface area (TPSA) is 107 Å². The van der Waals surface area contributed by atoms with E-state index in [1.54, 1.807) is 19.4 Å². The van der Waals surface area contributed by atoms with Gasteiger partial charge in [-0.25, -0.2) is 8.78 Å². The number of ether oxygens (including phenoxy) is 2. The minimum Gasteiger partial charge on any atom is -0.453 e. The number of benzene rings is 2. The first-order valence-electron chi connectivity index (χ1n) is 14.2. The number of halogens is 2. The van der Waals surface area contributed by atoms with Gasteiger partial charge < -0.3 is 20.1 Å². The molecular weight excluding hydrogens is 612 g/mol. The molecule has 6 rings (SSSR count). The molecule has 0 fully saturated rings. The molecule has 0 bridgehead atoms. The van der Waals surface area contributed by atoms with E-state index in [1.165, 1.54) is 70.6 Å². The van der Waals surface area contributed by atoms with E-state index in [0.29, 0.717) is 30.1 Å². The Morgan fingerprint density at radius 2 is 1.83 bits per heavy atom. The Bertz CT molecular complexity index is 2060. The van der Waals surface area contributed by atoms with Crippen LogP contribution < -0.4 is 20.9 Å². The van der Waals surface area contributed by atoms with E-state index in [2.05, 4.69) is 20.6 Å². The van der Waals surface area contributed by atoms with Crippen LogP contribution in [0, 0.1) is 11.6 Å². The van der Waals surface area contributed by atoms with E-state index < -0.39 is 23.1 Å². The zero-order valence-electron chi connectivity index (χ0n) is 24.5. The van der Waals surface area contributed by atoms with Gasteiger partial charge in [0, 0.05) is 62.3 Å². The van der Waals surface area contributed by atoms with Crippen LogP contribution >= 0.6 is 11.3 Å². The zero-order valence-corrected chi connectivity index (χ0v) is 25.3. The summed E-state index contributed by atoms with van der Waals surface area (Å²) >= 11 is 1.43. The van der Waals surface area contributed by atoms with E-state index in [1.807, 2.05) is 24.4 Å². The number of thiophene rings is 1. The largest absolute Gasteiger partial charge is 0.453 e. The van der Waals surface area contributed by atoms with Crippen LogP contribution in [0.4, 0.5) is 14.5 Å². The van der Waals surface area contributed by atoms with E-state index in [4.69, 9.17) is 9.47 Å². The van der Waals surface area contributed by atoms with Gasteiger partial charge in [0.05, 0.1) is 27.4 Å². The third-order valence-electron chi connectivity index (χ3n) is 6.97. The van der Waals surface area contributed by atoms with Crippen molar-refractivity contribution in [2.45, 2.75) is 6.54 Å². The lowest BCUT2D eigenvalue weighted by Crippen LogP contribution is -2.27. The van der Waals surface area contributed by atoms with Crippen molar-refractivity contribution in [3.8, 4) is 27.8 Å². The van der Waals surface area contributed by atoms with Crippen LogP contribution in [0.15, 0.2) is 102 Å². The lowest BCUT2D eigenvalue weighted by molar-refractivity contribution is 0.102. The summed E-state index contributed by atoms with van der Waals surface area (Å²) in [5, 5.41) is 5.84. The SMILES string of the molecule is COCCNCc1ccc(-c2cc3nccc(Oc4ccc(NC(=O)c5cccn(-c6ccc(F)cc6)c5=O)cc4F)c3s2)nc1. The van der Waals surface area contributed by atoms with Crippen molar-refractivity contribution >= 4 is 33.1 Å². The summed E-state index contributed by atoms with van der Waals surface area (Å²) in [6, 6.07) is 19.7. The fourth-order valence-electron chi connectivity index (χ4n) is 4.65. The Morgan fingerprint density at radius 1 is 0.978 bits per heavy atom. The molecule has 2 aromatic carbocycles. The maximum absolute atomic E-state index is 15.2. The van der Waals surface area contributed by atoms with Gasteiger partial charge in [0.25, 0.3) is 11.5 Å². The summed E-state index contributed by atoms with van der Waals surface area (Å²) in [6.07, 6.45) is 4.88. The number of rotatable bonds is 11. The number of amides is 1. The summed E-state index contributed by atoms with van der Waals surface area (Å²) in [6.45, 7) is 2.06. The number of fused-ring (bicyclic) bond motifs is 1. The second-order valence-corrected chi connectivity index (χ2v) is 11.2. The number of nitrogens with one attached hydrogen (secondary N) is 2. The number of hydrogen-bond acceptors (Lipinski definition) is 8. The minimum atomic E-state index is -0.722. The van der Waals surface area contributed by atoms with Gasteiger partial charge >= 0.3 is 0 Å². The van der Waals surface area contributed by atoms with E-state index in [0.717, 1.165) is 33.4 Å². The van der Waals surface area contributed by atoms with Gasteiger partial charge in [-0.1, -0.05) is 6.07 Å². The molecule has 46 heavy (non-hydrogen) atoms. The molecule has 0 aliphatic heterocycles. The molecule has 4 heterocycles. The number of nitrogens with zero attached hydrogens (tertiary/aromatic N) is 3. The number of pyridine rings is 3. The number of hydrogen-bond donors (Lipinski definition) is 2. The predicted octanol–water partition coefficient (Wildman–Crippen LogP) is 6.57. The van der Waals surface area contributed by atoms with Crippen LogP contribution in [0.3, 0.4) is 0 Å². The van der Waals surface area contributed by atoms with Gasteiger partial charge in [-0.15, -0.1) is 11.3 Å². The van der Waals surface area contributed by atoms with Gasteiger partial charge in [-0.3, -0.25) is 24.1 Å². The van der Waals surface area contributed by atoms with Crippen LogP contribution in [-0.2, 0) is 11.3 Å². The monoisotopic (exact) mass is 639 g/mol. The smallest absolute Gasteiger partial charge is 0.267 e. The van der Waals surface area contributed by atoms with Crippen LogP contribution in [0.1, 0.15) is 15.9 Å². The summed E-state index contributed by atoms with van der Waals surface area (Å²) in [4.78, 5) is 35.9. The molecule has 0 saturated carbocycles. The van der Waals surface area contributed by atoms with Crippen LogP contribution in [0.5, 0.6) is 11.5 Å². The first-order chi connectivity index (χ1) is 22.4. The second kappa shape index (κ2) is 13.8. The first-order valence-corrected chi connectivity index (χ1v) is 15.0. The summed E-state index contributed by atoms with van der Waals surface area (Å²) < 4.78 is 41.5. The fraction of sp³-hybridized carbons (Fsp3) is 0.118. The van der Waals surface area contributed by atoms with Gasteiger partial charge in [-0.05, 0) is 66.2 Å². The maximum Gasteiger partial charge on any atom is 0.267 e. The average Bonchev–Trinajstić information content (AvgIpc) is 3.51. The van der Waals surface area contributed by atoms with Crippen molar-refractivity contribution in [3.05, 3.63) is 131 Å². The Labute approximate surface area is 266 Å². The van der Waals surface area contributed by atoms with Gasteiger partial charge in [0.1, 0.15) is 17.1 Å². The molecule has 12 heteroatoms. The first kappa shape index (κ1) is 30.7. The molecule has 0 atom stereocenters. The highest BCUT2D eigenvalue weighted by molar-refractivity contribution is 7.22. The quantitative estimate of drug-likeness (QED) is 0.155. The number of carbonyl (C=O) groups excluding carboxylic acids is 1. The third kappa shape index (κ3) is 6.84. The highest BCUT2D eigenvalue weighted by atomic mass is 32.1. The molecule has 6 aromatic rings. The molecule has 0 unspecified atom stereocenters. The number of carbonyl (C=O) groups is 1. The molecule has 0 aliphatic rings. The Kier molecular flexibility index (Phi) is 9.20. The van der Waals surface area contributed by atoms with Crippen LogP contribution in [0.2, 0.25) is 0 Å². The number of methoxy groups -OCH3 is 1. The molecular formula is C34H27F2N5O4S. The van der Waals surface area contributed by atoms with Crippen LogP contribution in [0.25, 0.3) is 26.5 Å². The lowest BCUT2D eigenvalue weighted by atomic mass is 10.2. The molecule has 2 N–H and O–H groups in total. The van der Waals surface area contributed by atoms with Crippen molar-refractivity contribution in [2.24, 2.45) is 0 Å². The second-order valence-electron chi connectivity index (χ2n) is 10.1. The maximum atomic E-state index is 15.2. The molecule has 232 valence electrons. The van der Waals surface area contributed by atoms with Gasteiger partial charge in [0.2, 0.25) is 0 Å². The normalized spacial score (nSPS) is 11.1. The molecule has 0 aliphatic carbocycles. The molecule has 0 radical (unpaired) electrons. The summed E-state index contributed by atoms with van der Waals surface area (Å²) in [5.74, 6) is -1.52. The minimum absolute atomic E-state index is 0.0534. The van der Waals surface area contributed by atoms with Gasteiger partial charge in [-0.2, -0.15) is 0 Å². The van der Waals surface area contributed by atoms with Gasteiger partial charge in [0.15, 0.2) is 11.6 Å². The lowest BCUT2D eigenvalue weighted by Gasteiger charge is -2.11. The Balaban J connectivity index is 1.16. The van der Waals surface area contributed by atoms with E-state index in [-0.39, 0.29) is 17.0 Å². The fourth-order valence-corrected chi connectivity index (χ4v) is 5.70. The zero-order chi connectivity index (χ0) is 32.0. The predicted molar refractivity (Wildman–Crippen MR) is 173 cm³/mol. The summed E-state index contributed by atoms with van der Waals surface area (Å²) in [5.41, 5.74) is 2.27. The third-order valence-corrected chi connectivity index (χ3v) is 8.13. The van der Waals surface area contributed by atoms with Crippen molar-refractivity contribution in [3.63, 3.8) is 0 Å². The molecule has 4 aromatic heterocycles. The van der Waals surface area contributed by atoms with Crippen molar-refractivity contribution in [1.29, 1.82) is 0 Å². The molecule has 1 amide bonds. The summed E-state index contributed by atoms with van der Waals surface area (Å²) in [7, 11) is 1.66. The van der Waals surface area contributed by atoms with Crippen molar-refractivity contribution < 1.29 is 23.0 Å². The van der Waals surface area contributed by atoms with Crippen molar-refractivity contribution in [2.75, 3.05) is 25.6 Å². The van der Waals surface area contributed by atoms with Crippen molar-refractivity contribution in [1.82, 2.24) is 19.9 Å². The number of aromatic nitrogens is 3. The standard InChI is InChI=1S/C34H27F2N5O4S/c1-44-16-14-37-19-21-4-10-27(39-20-21)31-18-28-32(46-31)30(12-13-38-28)45-29-11-7-23(17-26(29)36)40-33(42)25-3-2-15-41(34(25)43)24-8-5-22(35)6-9-24/h2-13,15,17-18,20,37H,14,16,19H2,1H3,(H,40,42). The molecule has 9 nitrogen and oxygen atoms in total. The number of anilines is 1. The Hall–Kier alpha value is -5.30. The average molecular weight is 640 g/mol. The highest BCUT2D eigenvalue weighted by Gasteiger charge is 2.17.